The van der Waals surface area contributed by atoms with E-state index in [0.717, 1.165) is 74.6 Å². The van der Waals surface area contributed by atoms with Crippen molar-refractivity contribution in [3.63, 3.8) is 0 Å². The first-order valence-corrected chi connectivity index (χ1v) is 23.4. The molecular weight excluding hydrogens is 761 g/mol. The summed E-state index contributed by atoms with van der Waals surface area (Å²) in [6, 6.07) is 25.7. The van der Waals surface area contributed by atoms with Crippen LogP contribution in [-0.2, 0) is 12.8 Å². The number of rotatable bonds is 16. The summed E-state index contributed by atoms with van der Waals surface area (Å²) < 4.78 is 5.43. The summed E-state index contributed by atoms with van der Waals surface area (Å²) in [5.41, 5.74) is 7.83. The van der Waals surface area contributed by atoms with Gasteiger partial charge < -0.3 is 0 Å². The predicted octanol–water partition coefficient (Wildman–Crippen LogP) is 13.7. The number of imidazole rings is 2. The number of pyridine rings is 2. The third kappa shape index (κ3) is 6.33. The molecule has 0 spiro atoms. The Balaban J connectivity index is 0.978. The lowest BCUT2D eigenvalue weighted by Gasteiger charge is -2.05. The topological polar surface area (TPSA) is 68.7 Å². The van der Waals surface area contributed by atoms with Gasteiger partial charge in [-0.15, -0.1) is 34.0 Å². The summed E-state index contributed by atoms with van der Waals surface area (Å²) in [4.78, 5) is 42.8. The van der Waals surface area contributed by atoms with Crippen molar-refractivity contribution >= 4 is 96.9 Å². The number of nitrogens with zero attached hydrogens (tertiary/aromatic N) is 4. The molecule has 0 aliphatic rings. The van der Waals surface area contributed by atoms with Crippen molar-refractivity contribution < 1.29 is 0 Å². The Hall–Kier alpha value is -4.70. The molecule has 0 aliphatic carbocycles. The SMILES string of the molecule is CCCCCCCCc1ccc(-c2cc3c(nc4c5sc6c7c(ccc(c(=O)n34)c57)c(=O)n3c4cc(-c5ccc(CCCCCCCC)cc5)sc4nc63)s2)cc1. The molecule has 0 bridgehead atoms. The van der Waals surface area contributed by atoms with Crippen molar-refractivity contribution in [2.24, 2.45) is 0 Å². The first kappa shape index (κ1) is 36.6. The molecule has 0 aliphatic heterocycles. The van der Waals surface area contributed by atoms with Crippen molar-refractivity contribution in [1.82, 2.24) is 18.8 Å². The molecule has 0 radical (unpaired) electrons. The average molecular weight is 807 g/mol. The zero-order valence-electron chi connectivity index (χ0n) is 32.7. The maximum absolute atomic E-state index is 14.3. The highest BCUT2D eigenvalue weighted by Gasteiger charge is 2.26. The number of thiophene rings is 3. The van der Waals surface area contributed by atoms with Crippen LogP contribution in [0.2, 0.25) is 0 Å². The minimum Gasteiger partial charge on any atom is -0.268 e. The van der Waals surface area contributed by atoms with Crippen LogP contribution in [0.3, 0.4) is 0 Å². The summed E-state index contributed by atoms with van der Waals surface area (Å²) in [5, 5.41) is 2.89. The van der Waals surface area contributed by atoms with Crippen LogP contribution in [0.4, 0.5) is 0 Å². The van der Waals surface area contributed by atoms with Crippen molar-refractivity contribution in [2.75, 3.05) is 0 Å². The molecule has 0 atom stereocenters. The van der Waals surface area contributed by atoms with Gasteiger partial charge in [0, 0.05) is 31.3 Å². The summed E-state index contributed by atoms with van der Waals surface area (Å²) in [6.45, 7) is 4.52. The minimum atomic E-state index is -0.0977. The number of benzene rings is 3. The van der Waals surface area contributed by atoms with Crippen molar-refractivity contribution in [3.8, 4) is 20.9 Å². The monoisotopic (exact) mass is 806 g/mol. The second kappa shape index (κ2) is 15.2. The van der Waals surface area contributed by atoms with Gasteiger partial charge >= 0.3 is 0 Å². The fraction of sp³-hybridized carbons (Fsp3) is 0.333. The van der Waals surface area contributed by atoms with E-state index >= 15 is 0 Å². The molecule has 0 N–H and O–H groups in total. The third-order valence-electron chi connectivity index (χ3n) is 12.0. The Bertz CT molecular complexity index is 2940. The van der Waals surface area contributed by atoms with E-state index in [0.29, 0.717) is 22.1 Å². The van der Waals surface area contributed by atoms with Gasteiger partial charge in [0.15, 0.2) is 11.3 Å². The average Bonchev–Trinajstić information content (AvgIpc) is 4.05. The smallest absolute Gasteiger partial charge is 0.264 e. The van der Waals surface area contributed by atoms with E-state index in [1.54, 1.807) is 42.8 Å². The van der Waals surface area contributed by atoms with E-state index in [9.17, 15) is 9.59 Å². The van der Waals surface area contributed by atoms with Gasteiger partial charge in [-0.3, -0.25) is 18.4 Å². The molecule has 7 heterocycles. The number of unbranched alkanes of at least 4 members (excludes halogenated alkanes) is 10. The van der Waals surface area contributed by atoms with E-state index in [4.69, 9.17) is 9.97 Å². The molecule has 10 aromatic rings. The maximum Gasteiger partial charge on any atom is 0.264 e. The van der Waals surface area contributed by atoms with Crippen molar-refractivity contribution in [3.05, 3.63) is 105 Å². The molecule has 3 aromatic carbocycles. The first-order valence-electron chi connectivity index (χ1n) is 20.9. The molecule has 7 aromatic heterocycles. The van der Waals surface area contributed by atoms with Gasteiger partial charge in [-0.05, 0) is 72.2 Å². The van der Waals surface area contributed by atoms with Gasteiger partial charge in [0.1, 0.15) is 9.66 Å². The highest BCUT2D eigenvalue weighted by Crippen LogP contribution is 2.45. The highest BCUT2D eigenvalue weighted by molar-refractivity contribution is 7.27. The zero-order valence-corrected chi connectivity index (χ0v) is 35.1. The molecule has 288 valence electrons. The minimum absolute atomic E-state index is 0.0977. The van der Waals surface area contributed by atoms with Gasteiger partial charge in [0.2, 0.25) is 0 Å². The van der Waals surface area contributed by atoms with E-state index in [1.807, 2.05) is 12.1 Å². The van der Waals surface area contributed by atoms with E-state index in [1.165, 1.54) is 88.2 Å². The number of hydrogen-bond donors (Lipinski definition) is 0. The number of aromatic nitrogens is 4. The van der Waals surface area contributed by atoms with Crippen LogP contribution >= 0.6 is 34.0 Å². The fourth-order valence-corrected chi connectivity index (χ4v) is 12.2. The quantitative estimate of drug-likeness (QED) is 0.0720. The number of fused-ring (bicyclic) bond motifs is 8. The first-order chi connectivity index (χ1) is 28.0. The van der Waals surface area contributed by atoms with Crippen LogP contribution < -0.4 is 11.1 Å². The molecule has 10 rings (SSSR count). The largest absolute Gasteiger partial charge is 0.268 e. The molecule has 0 amide bonds. The van der Waals surface area contributed by atoms with Crippen LogP contribution in [-0.4, -0.2) is 18.8 Å². The fourth-order valence-electron chi connectivity index (χ4n) is 8.83. The van der Waals surface area contributed by atoms with Crippen molar-refractivity contribution in [1.29, 1.82) is 0 Å². The summed E-state index contributed by atoms with van der Waals surface area (Å²) in [7, 11) is 0. The van der Waals surface area contributed by atoms with Crippen LogP contribution in [0.25, 0.3) is 83.8 Å². The Kier molecular flexibility index (Phi) is 9.79. The molecule has 57 heavy (non-hydrogen) atoms. The second-order valence-corrected chi connectivity index (χ2v) is 18.9. The van der Waals surface area contributed by atoms with E-state index < -0.39 is 0 Å². The molecule has 0 saturated carbocycles. The molecule has 0 saturated heterocycles. The Labute approximate surface area is 343 Å². The Morgan fingerprint density at radius 2 is 0.895 bits per heavy atom. The number of aryl methyl sites for hydroxylation is 2. The van der Waals surface area contributed by atoms with E-state index in [-0.39, 0.29) is 11.1 Å². The third-order valence-corrected chi connectivity index (χ3v) is 15.3. The zero-order chi connectivity index (χ0) is 38.6. The predicted molar refractivity (Wildman–Crippen MR) is 245 cm³/mol. The number of hydrogen-bond acceptors (Lipinski definition) is 7. The Morgan fingerprint density at radius 3 is 1.32 bits per heavy atom. The Morgan fingerprint density at radius 1 is 0.491 bits per heavy atom. The van der Waals surface area contributed by atoms with Gasteiger partial charge in [0.05, 0.1) is 20.4 Å². The van der Waals surface area contributed by atoms with Crippen LogP contribution in [0.15, 0.2) is 82.4 Å². The second-order valence-electron chi connectivity index (χ2n) is 15.9. The molecule has 9 heteroatoms. The summed E-state index contributed by atoms with van der Waals surface area (Å²) in [5.74, 6) is 0. The van der Waals surface area contributed by atoms with E-state index in [2.05, 4.69) is 74.5 Å². The standard InChI is InChI=1S/C48H46N4O2S3/c1-3-5-7-9-11-13-15-29-17-21-31(22-18-29)37-27-35-45(55-37)49-43-41-39-33(47(53)51(35)43)25-26-34-40(39)42(57-41)44-50-46-36(52(44)48(34)54)28-38(56-46)32-23-19-30(20-24-32)16-14-12-10-8-6-4-2/h17-28H,3-16H2,1-2H3. The lowest BCUT2D eigenvalue weighted by molar-refractivity contribution is 0.607. The normalized spacial score (nSPS) is 12.5. The van der Waals surface area contributed by atoms with Gasteiger partial charge in [0.25, 0.3) is 11.1 Å². The van der Waals surface area contributed by atoms with Gasteiger partial charge in [-0.25, -0.2) is 9.97 Å². The van der Waals surface area contributed by atoms with Crippen LogP contribution in [0.1, 0.15) is 102 Å². The molecule has 0 fully saturated rings. The van der Waals surface area contributed by atoms with Gasteiger partial charge in [-0.1, -0.05) is 127 Å². The molecule has 6 nitrogen and oxygen atoms in total. The lowest BCUT2D eigenvalue weighted by atomic mass is 10.0. The van der Waals surface area contributed by atoms with Crippen molar-refractivity contribution in [2.45, 2.75) is 104 Å². The molecule has 0 unspecified atom stereocenters. The highest BCUT2D eigenvalue weighted by atomic mass is 32.1. The summed E-state index contributed by atoms with van der Waals surface area (Å²) in [6.07, 6.45) is 17.8. The maximum atomic E-state index is 14.3. The lowest BCUT2D eigenvalue weighted by Crippen LogP contribution is -2.15. The molecular formula is C48H46N4O2S3. The van der Waals surface area contributed by atoms with Crippen LogP contribution in [0.5, 0.6) is 0 Å². The van der Waals surface area contributed by atoms with Gasteiger partial charge in [-0.2, -0.15) is 0 Å². The van der Waals surface area contributed by atoms with Crippen LogP contribution in [0, 0.1) is 0 Å². The summed E-state index contributed by atoms with van der Waals surface area (Å²) >= 11 is 4.85.